The van der Waals surface area contributed by atoms with E-state index in [1.165, 1.54) is 25.7 Å². The fourth-order valence-corrected chi connectivity index (χ4v) is 2.09. The van der Waals surface area contributed by atoms with Crippen molar-refractivity contribution in [2.45, 2.75) is 78.3 Å². The normalized spacial score (nSPS) is 26.6. The van der Waals surface area contributed by atoms with Crippen molar-refractivity contribution < 1.29 is 4.39 Å². The van der Waals surface area contributed by atoms with E-state index in [9.17, 15) is 4.39 Å². The zero-order valence-electron chi connectivity index (χ0n) is 10.2. The Balaban J connectivity index is 0.000000791. The van der Waals surface area contributed by atoms with Crippen LogP contribution in [0.3, 0.4) is 0 Å². The Labute approximate surface area is 89.3 Å². The van der Waals surface area contributed by atoms with Crippen molar-refractivity contribution in [1.82, 2.24) is 0 Å². The topological polar surface area (TPSA) is 0 Å². The summed E-state index contributed by atoms with van der Waals surface area (Å²) in [7, 11) is 0. The van der Waals surface area contributed by atoms with Crippen LogP contribution in [0.25, 0.3) is 0 Å². The van der Waals surface area contributed by atoms with Gasteiger partial charge in [0.15, 0.2) is 0 Å². The number of halogens is 1. The Morgan fingerprint density at radius 3 is 2.07 bits per heavy atom. The van der Waals surface area contributed by atoms with Crippen molar-refractivity contribution in [1.29, 1.82) is 0 Å². The first-order chi connectivity index (χ1) is 6.83. The fourth-order valence-electron chi connectivity index (χ4n) is 2.09. The Morgan fingerprint density at radius 2 is 1.57 bits per heavy atom. The summed E-state index contributed by atoms with van der Waals surface area (Å²) in [6.45, 7) is 6.23. The van der Waals surface area contributed by atoms with Crippen LogP contribution in [0.5, 0.6) is 0 Å². The first-order valence-corrected chi connectivity index (χ1v) is 6.47. The molecule has 14 heavy (non-hydrogen) atoms. The second-order valence-corrected chi connectivity index (χ2v) is 4.11. The van der Waals surface area contributed by atoms with Crippen molar-refractivity contribution in [2.24, 2.45) is 5.92 Å². The zero-order chi connectivity index (χ0) is 10.8. The van der Waals surface area contributed by atoms with Gasteiger partial charge in [-0.1, -0.05) is 46.5 Å². The molecule has 1 heteroatoms. The van der Waals surface area contributed by atoms with Crippen LogP contribution >= 0.6 is 0 Å². The van der Waals surface area contributed by atoms with Crippen LogP contribution in [-0.4, -0.2) is 6.17 Å². The van der Waals surface area contributed by atoms with Gasteiger partial charge in [-0.05, 0) is 31.6 Å². The predicted molar refractivity (Wildman–Crippen MR) is 62.3 cm³/mol. The quantitative estimate of drug-likeness (QED) is 0.555. The average Bonchev–Trinajstić information content (AvgIpc) is 2.24. The lowest BCUT2D eigenvalue weighted by molar-refractivity contribution is 0.199. The van der Waals surface area contributed by atoms with Crippen molar-refractivity contribution in [3.8, 4) is 0 Å². The van der Waals surface area contributed by atoms with Gasteiger partial charge in [-0.25, -0.2) is 4.39 Å². The maximum atomic E-state index is 12.7. The zero-order valence-corrected chi connectivity index (χ0v) is 10.2. The molecule has 0 unspecified atom stereocenters. The summed E-state index contributed by atoms with van der Waals surface area (Å²) in [5.41, 5.74) is 0. The monoisotopic (exact) mass is 202 g/mol. The van der Waals surface area contributed by atoms with Gasteiger partial charge in [-0.15, -0.1) is 0 Å². The minimum absolute atomic E-state index is 0.479. The molecule has 1 aliphatic rings. The van der Waals surface area contributed by atoms with E-state index in [1.54, 1.807) is 0 Å². The number of hydrogen-bond acceptors (Lipinski definition) is 0. The molecule has 0 aromatic carbocycles. The fraction of sp³-hybridized carbons (Fsp3) is 1.00. The van der Waals surface area contributed by atoms with Crippen LogP contribution in [0.15, 0.2) is 0 Å². The van der Waals surface area contributed by atoms with Gasteiger partial charge in [-0.2, -0.15) is 0 Å². The maximum Gasteiger partial charge on any atom is 0.100 e. The molecule has 0 aromatic rings. The summed E-state index contributed by atoms with van der Waals surface area (Å²) in [6, 6.07) is 0. The van der Waals surface area contributed by atoms with Crippen molar-refractivity contribution in [3.63, 3.8) is 0 Å². The SMILES string of the molecule is CC.CCCCCC1CCC(F)CC1. The lowest BCUT2D eigenvalue weighted by Crippen LogP contribution is -2.14. The first-order valence-electron chi connectivity index (χ1n) is 6.47. The van der Waals surface area contributed by atoms with Crippen LogP contribution in [-0.2, 0) is 0 Å². The summed E-state index contributed by atoms with van der Waals surface area (Å²) in [4.78, 5) is 0. The predicted octanol–water partition coefficient (Wildman–Crippen LogP) is 5.12. The van der Waals surface area contributed by atoms with Crippen LogP contribution in [0, 0.1) is 5.92 Å². The minimum Gasteiger partial charge on any atom is -0.247 e. The first kappa shape index (κ1) is 13.9. The molecule has 0 saturated heterocycles. The Kier molecular flexibility index (Phi) is 9.44. The van der Waals surface area contributed by atoms with Gasteiger partial charge in [0.25, 0.3) is 0 Å². The highest BCUT2D eigenvalue weighted by atomic mass is 19.1. The van der Waals surface area contributed by atoms with E-state index < -0.39 is 6.17 Å². The van der Waals surface area contributed by atoms with Crippen molar-refractivity contribution in [3.05, 3.63) is 0 Å². The lowest BCUT2D eigenvalue weighted by Gasteiger charge is -2.23. The lowest BCUT2D eigenvalue weighted by atomic mass is 9.85. The summed E-state index contributed by atoms with van der Waals surface area (Å²) in [5.74, 6) is 0.851. The summed E-state index contributed by atoms with van der Waals surface area (Å²) >= 11 is 0. The molecule has 0 aromatic heterocycles. The van der Waals surface area contributed by atoms with Gasteiger partial charge >= 0.3 is 0 Å². The van der Waals surface area contributed by atoms with Crippen LogP contribution < -0.4 is 0 Å². The minimum atomic E-state index is -0.479. The number of hydrogen-bond donors (Lipinski definition) is 0. The molecular formula is C13H27F. The second kappa shape index (κ2) is 9.48. The van der Waals surface area contributed by atoms with Gasteiger partial charge < -0.3 is 0 Å². The highest BCUT2D eigenvalue weighted by Gasteiger charge is 2.19. The van der Waals surface area contributed by atoms with Gasteiger partial charge in [0.2, 0.25) is 0 Å². The molecule has 0 amide bonds. The molecule has 0 spiro atoms. The van der Waals surface area contributed by atoms with Gasteiger partial charge in [-0.3, -0.25) is 0 Å². The third kappa shape index (κ3) is 6.39. The van der Waals surface area contributed by atoms with Crippen LogP contribution in [0.4, 0.5) is 4.39 Å². The Hall–Kier alpha value is -0.0700. The molecule has 1 saturated carbocycles. The van der Waals surface area contributed by atoms with E-state index in [0.717, 1.165) is 31.6 Å². The molecule has 1 fully saturated rings. The van der Waals surface area contributed by atoms with Crippen LogP contribution in [0.2, 0.25) is 0 Å². The number of unbranched alkanes of at least 4 members (excludes halogenated alkanes) is 2. The molecule has 0 bridgehead atoms. The van der Waals surface area contributed by atoms with Gasteiger partial charge in [0.1, 0.15) is 6.17 Å². The van der Waals surface area contributed by atoms with Crippen LogP contribution in [0.1, 0.15) is 72.1 Å². The molecule has 86 valence electrons. The summed E-state index contributed by atoms with van der Waals surface area (Å²) in [6.07, 6.45) is 8.84. The van der Waals surface area contributed by atoms with Gasteiger partial charge in [0, 0.05) is 0 Å². The van der Waals surface area contributed by atoms with Gasteiger partial charge in [0.05, 0.1) is 0 Å². The molecule has 0 heterocycles. The van der Waals surface area contributed by atoms with E-state index in [4.69, 9.17) is 0 Å². The number of rotatable bonds is 4. The average molecular weight is 202 g/mol. The van der Waals surface area contributed by atoms with E-state index in [0.29, 0.717) is 0 Å². The van der Waals surface area contributed by atoms with E-state index >= 15 is 0 Å². The third-order valence-corrected chi connectivity index (χ3v) is 2.99. The molecule has 0 atom stereocenters. The Bertz CT molecular complexity index is 104. The molecule has 0 nitrogen and oxygen atoms in total. The third-order valence-electron chi connectivity index (χ3n) is 2.99. The highest BCUT2D eigenvalue weighted by Crippen LogP contribution is 2.29. The van der Waals surface area contributed by atoms with E-state index in [-0.39, 0.29) is 0 Å². The standard InChI is InChI=1S/C11H21F.C2H6/c1-2-3-4-5-10-6-8-11(12)9-7-10;1-2/h10-11H,2-9H2,1H3;1-2H3. The Morgan fingerprint density at radius 1 is 1.00 bits per heavy atom. The molecule has 0 radical (unpaired) electrons. The summed E-state index contributed by atoms with van der Waals surface area (Å²) < 4.78 is 12.7. The molecule has 0 N–H and O–H groups in total. The van der Waals surface area contributed by atoms with Crippen molar-refractivity contribution >= 4 is 0 Å². The van der Waals surface area contributed by atoms with Crippen molar-refractivity contribution in [2.75, 3.05) is 0 Å². The maximum absolute atomic E-state index is 12.7. The van der Waals surface area contributed by atoms with E-state index in [2.05, 4.69) is 6.92 Å². The largest absolute Gasteiger partial charge is 0.247 e. The highest BCUT2D eigenvalue weighted by molar-refractivity contribution is 4.71. The smallest absolute Gasteiger partial charge is 0.100 e. The molecule has 1 rings (SSSR count). The molecular weight excluding hydrogens is 175 g/mol. The summed E-state index contributed by atoms with van der Waals surface area (Å²) in [5, 5.41) is 0. The second-order valence-electron chi connectivity index (χ2n) is 4.11. The molecule has 0 aliphatic heterocycles. The molecule has 1 aliphatic carbocycles. The van der Waals surface area contributed by atoms with E-state index in [1.807, 2.05) is 13.8 Å². The number of alkyl halides is 1.